The molecule has 0 unspecified atom stereocenters. The van der Waals surface area contributed by atoms with Crippen LogP contribution in [0, 0.1) is 0 Å². The molecule has 2 fully saturated rings. The van der Waals surface area contributed by atoms with E-state index in [1.807, 2.05) is 0 Å². The van der Waals surface area contributed by atoms with E-state index in [-0.39, 0.29) is 5.54 Å². The summed E-state index contributed by atoms with van der Waals surface area (Å²) in [5.74, 6) is 0. The maximum absolute atomic E-state index is 10.8. The van der Waals surface area contributed by atoms with Gasteiger partial charge in [-0.25, -0.2) is 0 Å². The van der Waals surface area contributed by atoms with Gasteiger partial charge in [0.25, 0.3) is 0 Å². The third-order valence-electron chi connectivity index (χ3n) is 3.15. The van der Waals surface area contributed by atoms with Crippen molar-refractivity contribution in [3.05, 3.63) is 0 Å². The average Bonchev–Trinajstić information content (AvgIpc) is 2.86. The number of hydrogen-bond donors (Lipinski definition) is 1. The quantitative estimate of drug-likeness (QED) is 0.597. The Labute approximate surface area is 72.9 Å². The largest absolute Gasteiger partial charge is 0.328 e. The maximum atomic E-state index is 10.8. The van der Waals surface area contributed by atoms with Crippen molar-refractivity contribution >= 4 is 6.29 Å². The van der Waals surface area contributed by atoms with Gasteiger partial charge in [-0.05, 0) is 25.7 Å². The Morgan fingerprint density at radius 3 is 2.33 bits per heavy atom. The Balaban J connectivity index is 1.93. The Morgan fingerprint density at radius 1 is 1.33 bits per heavy atom. The van der Waals surface area contributed by atoms with Crippen LogP contribution in [-0.2, 0) is 4.79 Å². The van der Waals surface area contributed by atoms with Crippen LogP contribution in [0.15, 0.2) is 0 Å². The fraction of sp³-hybridized carbons (Fsp3) is 0.889. The van der Waals surface area contributed by atoms with Crippen molar-refractivity contribution in [3.63, 3.8) is 0 Å². The lowest BCUT2D eigenvalue weighted by atomic mass is 10.0. The predicted octanol–water partition coefficient (Wildman–Crippen LogP) is 0.141. The zero-order chi connectivity index (χ0) is 8.60. The van der Waals surface area contributed by atoms with E-state index < -0.39 is 0 Å². The second-order valence-electron chi connectivity index (χ2n) is 4.05. The fourth-order valence-electron chi connectivity index (χ4n) is 1.98. The molecule has 1 saturated carbocycles. The second-order valence-corrected chi connectivity index (χ2v) is 4.05. The normalized spacial score (nSPS) is 30.1. The number of nitrogens with zero attached hydrogens (tertiary/aromatic N) is 1. The minimum absolute atomic E-state index is 0.0554. The first kappa shape index (κ1) is 8.20. The van der Waals surface area contributed by atoms with Gasteiger partial charge < -0.3 is 10.5 Å². The summed E-state index contributed by atoms with van der Waals surface area (Å²) in [4.78, 5) is 13.1. The zero-order valence-electron chi connectivity index (χ0n) is 7.33. The number of rotatable bonds is 2. The minimum Gasteiger partial charge on any atom is -0.328 e. The van der Waals surface area contributed by atoms with Gasteiger partial charge in [-0.2, -0.15) is 0 Å². The standard InChI is InChI=1S/C9H16N2O/c10-8-1-5-11(6-2-8)9(7-12)3-4-9/h7-8H,1-6,10H2. The Kier molecular flexibility index (Phi) is 1.93. The molecule has 0 atom stereocenters. The molecule has 0 amide bonds. The molecule has 3 heteroatoms. The highest BCUT2D eigenvalue weighted by Crippen LogP contribution is 2.40. The van der Waals surface area contributed by atoms with E-state index in [4.69, 9.17) is 5.73 Å². The molecule has 2 aliphatic rings. The summed E-state index contributed by atoms with van der Waals surface area (Å²) in [6, 6.07) is 0.365. The Hall–Kier alpha value is -0.410. The average molecular weight is 168 g/mol. The molecule has 1 aliphatic heterocycles. The van der Waals surface area contributed by atoms with E-state index in [1.54, 1.807) is 0 Å². The lowest BCUT2D eigenvalue weighted by Gasteiger charge is -2.34. The summed E-state index contributed by atoms with van der Waals surface area (Å²) >= 11 is 0. The SMILES string of the molecule is NC1CCN(C2(C=O)CC2)CC1. The molecule has 1 saturated heterocycles. The first-order chi connectivity index (χ1) is 5.77. The van der Waals surface area contributed by atoms with Crippen LogP contribution in [0.1, 0.15) is 25.7 Å². The first-order valence-electron chi connectivity index (χ1n) is 4.74. The van der Waals surface area contributed by atoms with Gasteiger partial charge in [-0.3, -0.25) is 4.90 Å². The highest BCUT2D eigenvalue weighted by molar-refractivity contribution is 5.68. The Bertz CT molecular complexity index is 181. The fourth-order valence-corrected chi connectivity index (χ4v) is 1.98. The Morgan fingerprint density at radius 2 is 1.92 bits per heavy atom. The van der Waals surface area contributed by atoms with Gasteiger partial charge in [-0.15, -0.1) is 0 Å². The van der Waals surface area contributed by atoms with Crippen LogP contribution >= 0.6 is 0 Å². The molecule has 2 N–H and O–H groups in total. The van der Waals surface area contributed by atoms with Crippen LogP contribution in [0.3, 0.4) is 0 Å². The van der Waals surface area contributed by atoms with E-state index in [1.165, 1.54) is 0 Å². The van der Waals surface area contributed by atoms with Crippen molar-refractivity contribution < 1.29 is 4.79 Å². The van der Waals surface area contributed by atoms with Gasteiger partial charge in [0.2, 0.25) is 0 Å². The second kappa shape index (κ2) is 2.82. The molecule has 3 nitrogen and oxygen atoms in total. The molecule has 0 aromatic heterocycles. The van der Waals surface area contributed by atoms with Crippen molar-refractivity contribution in [2.45, 2.75) is 37.3 Å². The van der Waals surface area contributed by atoms with Gasteiger partial charge in [0.1, 0.15) is 6.29 Å². The molecular formula is C9H16N2O. The van der Waals surface area contributed by atoms with Crippen molar-refractivity contribution in [1.29, 1.82) is 0 Å². The van der Waals surface area contributed by atoms with E-state index in [0.717, 1.165) is 45.1 Å². The molecule has 12 heavy (non-hydrogen) atoms. The van der Waals surface area contributed by atoms with Crippen LogP contribution in [0.5, 0.6) is 0 Å². The number of carbonyl (C=O) groups excluding carboxylic acids is 1. The maximum Gasteiger partial charge on any atom is 0.140 e. The van der Waals surface area contributed by atoms with Gasteiger partial charge in [0.05, 0.1) is 5.54 Å². The third-order valence-corrected chi connectivity index (χ3v) is 3.15. The number of nitrogens with two attached hydrogens (primary N) is 1. The lowest BCUT2D eigenvalue weighted by molar-refractivity contribution is -0.114. The lowest BCUT2D eigenvalue weighted by Crippen LogP contribution is -2.47. The minimum atomic E-state index is -0.0554. The summed E-state index contributed by atoms with van der Waals surface area (Å²) in [7, 11) is 0. The highest BCUT2D eigenvalue weighted by atomic mass is 16.1. The number of hydrogen-bond acceptors (Lipinski definition) is 3. The van der Waals surface area contributed by atoms with E-state index in [0.29, 0.717) is 6.04 Å². The third kappa shape index (κ3) is 1.27. The van der Waals surface area contributed by atoms with Crippen LogP contribution in [0.25, 0.3) is 0 Å². The number of carbonyl (C=O) groups is 1. The number of likely N-dealkylation sites (tertiary alicyclic amines) is 1. The van der Waals surface area contributed by atoms with Crippen LogP contribution in [0.2, 0.25) is 0 Å². The first-order valence-corrected chi connectivity index (χ1v) is 4.74. The van der Waals surface area contributed by atoms with Gasteiger partial charge in [0.15, 0.2) is 0 Å². The van der Waals surface area contributed by atoms with Crippen molar-refractivity contribution in [2.24, 2.45) is 5.73 Å². The van der Waals surface area contributed by atoms with Crippen molar-refractivity contribution in [1.82, 2.24) is 4.90 Å². The number of piperidine rings is 1. The summed E-state index contributed by atoms with van der Waals surface area (Å²) in [5, 5.41) is 0. The molecule has 0 bridgehead atoms. The van der Waals surface area contributed by atoms with Gasteiger partial charge in [-0.1, -0.05) is 0 Å². The summed E-state index contributed by atoms with van der Waals surface area (Å²) in [5.41, 5.74) is 5.73. The van der Waals surface area contributed by atoms with Crippen molar-refractivity contribution in [3.8, 4) is 0 Å². The molecule has 2 rings (SSSR count). The number of aldehydes is 1. The summed E-state index contributed by atoms with van der Waals surface area (Å²) in [6.07, 6.45) is 5.35. The monoisotopic (exact) mass is 168 g/mol. The summed E-state index contributed by atoms with van der Waals surface area (Å²) < 4.78 is 0. The molecule has 1 aliphatic carbocycles. The van der Waals surface area contributed by atoms with Gasteiger partial charge in [0, 0.05) is 19.1 Å². The zero-order valence-corrected chi connectivity index (χ0v) is 7.33. The van der Waals surface area contributed by atoms with E-state index >= 15 is 0 Å². The van der Waals surface area contributed by atoms with E-state index in [9.17, 15) is 4.79 Å². The molecular weight excluding hydrogens is 152 g/mol. The molecule has 0 spiro atoms. The van der Waals surface area contributed by atoms with Crippen LogP contribution < -0.4 is 5.73 Å². The smallest absolute Gasteiger partial charge is 0.140 e. The molecule has 0 radical (unpaired) electrons. The predicted molar refractivity (Wildman–Crippen MR) is 46.8 cm³/mol. The van der Waals surface area contributed by atoms with Crippen LogP contribution in [0.4, 0.5) is 0 Å². The topological polar surface area (TPSA) is 46.3 Å². The molecule has 0 aromatic rings. The molecule has 1 heterocycles. The highest BCUT2D eigenvalue weighted by Gasteiger charge is 2.48. The molecule has 0 aromatic carbocycles. The summed E-state index contributed by atoms with van der Waals surface area (Å²) in [6.45, 7) is 2.03. The van der Waals surface area contributed by atoms with Crippen LogP contribution in [-0.4, -0.2) is 35.9 Å². The van der Waals surface area contributed by atoms with Crippen molar-refractivity contribution in [2.75, 3.05) is 13.1 Å². The van der Waals surface area contributed by atoms with E-state index in [2.05, 4.69) is 4.90 Å². The van der Waals surface area contributed by atoms with Gasteiger partial charge >= 0.3 is 0 Å². The molecule has 68 valence electrons.